The predicted molar refractivity (Wildman–Crippen MR) is 88.7 cm³/mol. The molecule has 0 fully saturated rings. The standard InChI is InChI=1S/C12H13BrN2O4S3/c13-11-5-6-12(20-11)22(18,19)15-8-7-9-1-3-10(4-2-9)21(14,16)17/h1-6,15H,7-8H2,(H2,14,16,17). The first-order chi connectivity index (χ1) is 10.2. The Bertz CT molecular complexity index is 858. The molecule has 2 aromatic rings. The smallest absolute Gasteiger partial charge is 0.225 e. The molecule has 1 heterocycles. The second-order valence-corrected chi connectivity index (χ2v) is 10.4. The summed E-state index contributed by atoms with van der Waals surface area (Å²) in [6.07, 6.45) is 0.441. The average molecular weight is 425 g/mol. The van der Waals surface area contributed by atoms with Crippen LogP contribution in [0.3, 0.4) is 0 Å². The van der Waals surface area contributed by atoms with Gasteiger partial charge in [0.2, 0.25) is 20.0 Å². The molecule has 0 aliphatic carbocycles. The maximum Gasteiger partial charge on any atom is 0.250 e. The number of benzene rings is 1. The zero-order chi connectivity index (χ0) is 16.4. The molecule has 3 N–H and O–H groups in total. The zero-order valence-corrected chi connectivity index (χ0v) is 15.2. The van der Waals surface area contributed by atoms with Crippen molar-refractivity contribution in [3.05, 3.63) is 45.7 Å². The second-order valence-electron chi connectivity index (χ2n) is 4.40. The van der Waals surface area contributed by atoms with Gasteiger partial charge in [0, 0.05) is 6.54 Å². The van der Waals surface area contributed by atoms with Crippen molar-refractivity contribution in [3.63, 3.8) is 0 Å². The maximum atomic E-state index is 12.0. The van der Waals surface area contributed by atoms with Crippen LogP contribution < -0.4 is 9.86 Å². The summed E-state index contributed by atoms with van der Waals surface area (Å²) in [5.74, 6) is 0. The molecule has 10 heteroatoms. The molecule has 0 unspecified atom stereocenters. The molecule has 0 radical (unpaired) electrons. The first-order valence-electron chi connectivity index (χ1n) is 6.05. The van der Waals surface area contributed by atoms with Crippen LogP contribution >= 0.6 is 27.3 Å². The lowest BCUT2D eigenvalue weighted by atomic mass is 10.2. The van der Waals surface area contributed by atoms with Gasteiger partial charge in [-0.05, 0) is 52.2 Å². The summed E-state index contributed by atoms with van der Waals surface area (Å²) < 4.78 is 49.8. The number of nitrogens with one attached hydrogen (secondary N) is 1. The molecule has 0 saturated carbocycles. The third-order valence-electron chi connectivity index (χ3n) is 2.77. The predicted octanol–water partition coefficient (Wildman–Crippen LogP) is 1.68. The van der Waals surface area contributed by atoms with E-state index in [1.807, 2.05) is 0 Å². The largest absolute Gasteiger partial charge is 0.250 e. The number of sulfonamides is 2. The van der Waals surface area contributed by atoms with Crippen molar-refractivity contribution in [3.8, 4) is 0 Å². The van der Waals surface area contributed by atoms with E-state index in [1.165, 1.54) is 18.2 Å². The van der Waals surface area contributed by atoms with Crippen molar-refractivity contribution < 1.29 is 16.8 Å². The van der Waals surface area contributed by atoms with E-state index < -0.39 is 20.0 Å². The van der Waals surface area contributed by atoms with Crippen LogP contribution in [-0.4, -0.2) is 23.4 Å². The van der Waals surface area contributed by atoms with Crippen molar-refractivity contribution in [2.75, 3.05) is 6.54 Å². The molecule has 1 aromatic heterocycles. The highest BCUT2D eigenvalue weighted by Crippen LogP contribution is 2.25. The number of thiophene rings is 1. The number of nitrogens with two attached hydrogens (primary N) is 1. The molecular formula is C12H13BrN2O4S3. The third-order valence-corrected chi connectivity index (χ3v) is 7.28. The van der Waals surface area contributed by atoms with Gasteiger partial charge < -0.3 is 0 Å². The Morgan fingerprint density at radius 1 is 1.05 bits per heavy atom. The number of primary sulfonamides is 1. The van der Waals surface area contributed by atoms with Gasteiger partial charge in [0.15, 0.2) is 0 Å². The summed E-state index contributed by atoms with van der Waals surface area (Å²) in [4.78, 5) is 0.0280. The van der Waals surface area contributed by atoms with Gasteiger partial charge in [-0.3, -0.25) is 0 Å². The molecule has 22 heavy (non-hydrogen) atoms. The van der Waals surface area contributed by atoms with Crippen LogP contribution in [0.4, 0.5) is 0 Å². The zero-order valence-electron chi connectivity index (χ0n) is 11.2. The fourth-order valence-electron chi connectivity index (χ4n) is 1.69. The molecule has 0 aliphatic rings. The van der Waals surface area contributed by atoms with Crippen LogP contribution in [-0.2, 0) is 26.5 Å². The Balaban J connectivity index is 1.96. The lowest BCUT2D eigenvalue weighted by Gasteiger charge is -2.05. The van der Waals surface area contributed by atoms with E-state index in [2.05, 4.69) is 20.7 Å². The van der Waals surface area contributed by atoms with Crippen LogP contribution in [0.1, 0.15) is 5.56 Å². The Morgan fingerprint density at radius 3 is 2.18 bits per heavy atom. The van der Waals surface area contributed by atoms with Crippen LogP contribution in [0.5, 0.6) is 0 Å². The quantitative estimate of drug-likeness (QED) is 0.735. The molecule has 120 valence electrons. The lowest BCUT2D eigenvalue weighted by Crippen LogP contribution is -2.25. The third kappa shape index (κ3) is 4.61. The first-order valence-corrected chi connectivity index (χ1v) is 10.7. The fraction of sp³-hybridized carbons (Fsp3) is 0.167. The number of hydrogen-bond acceptors (Lipinski definition) is 5. The minimum Gasteiger partial charge on any atom is -0.225 e. The molecule has 6 nitrogen and oxygen atoms in total. The molecule has 0 saturated heterocycles. The number of hydrogen-bond donors (Lipinski definition) is 2. The highest BCUT2D eigenvalue weighted by atomic mass is 79.9. The van der Waals surface area contributed by atoms with E-state index in [4.69, 9.17) is 5.14 Å². The average Bonchev–Trinajstić information content (AvgIpc) is 2.86. The topological polar surface area (TPSA) is 106 Å². The van der Waals surface area contributed by atoms with E-state index in [1.54, 1.807) is 18.2 Å². The molecule has 0 aliphatic heterocycles. The Labute approximate surface area is 141 Å². The molecule has 0 atom stereocenters. The van der Waals surface area contributed by atoms with Crippen LogP contribution in [0.2, 0.25) is 0 Å². The highest BCUT2D eigenvalue weighted by molar-refractivity contribution is 9.11. The Kier molecular flexibility index (Phi) is 5.41. The normalized spacial score (nSPS) is 12.5. The summed E-state index contributed by atoms with van der Waals surface area (Å²) in [6, 6.07) is 9.21. The van der Waals surface area contributed by atoms with E-state index >= 15 is 0 Å². The van der Waals surface area contributed by atoms with Gasteiger partial charge in [-0.15, -0.1) is 11.3 Å². The Morgan fingerprint density at radius 2 is 1.68 bits per heavy atom. The van der Waals surface area contributed by atoms with Crippen molar-refractivity contribution in [1.82, 2.24) is 4.72 Å². The molecule has 0 amide bonds. The second kappa shape index (κ2) is 6.77. The lowest BCUT2D eigenvalue weighted by molar-refractivity contribution is 0.583. The SMILES string of the molecule is NS(=O)(=O)c1ccc(CCNS(=O)(=O)c2ccc(Br)s2)cc1. The van der Waals surface area contributed by atoms with Gasteiger partial charge in [0.25, 0.3) is 0 Å². The summed E-state index contributed by atoms with van der Waals surface area (Å²) in [5.41, 5.74) is 0.808. The van der Waals surface area contributed by atoms with Crippen molar-refractivity contribution in [1.29, 1.82) is 0 Å². The molecular weight excluding hydrogens is 412 g/mol. The Hall–Kier alpha value is -0.780. The highest BCUT2D eigenvalue weighted by Gasteiger charge is 2.15. The van der Waals surface area contributed by atoms with Gasteiger partial charge in [-0.25, -0.2) is 26.7 Å². The van der Waals surface area contributed by atoms with E-state index in [9.17, 15) is 16.8 Å². The summed E-state index contributed by atoms with van der Waals surface area (Å²) in [6.45, 7) is 0.215. The summed E-state index contributed by atoms with van der Waals surface area (Å²) in [5, 5.41) is 5.01. The molecule has 0 bridgehead atoms. The van der Waals surface area contributed by atoms with Gasteiger partial charge in [-0.1, -0.05) is 12.1 Å². The molecule has 1 aromatic carbocycles. The van der Waals surface area contributed by atoms with Crippen molar-refractivity contribution in [2.45, 2.75) is 15.5 Å². The molecule has 2 rings (SSSR count). The number of rotatable bonds is 6. The first kappa shape index (κ1) is 17.6. The van der Waals surface area contributed by atoms with Crippen LogP contribution in [0, 0.1) is 0 Å². The maximum absolute atomic E-state index is 12.0. The minimum absolute atomic E-state index is 0.0280. The van der Waals surface area contributed by atoms with Crippen LogP contribution in [0.15, 0.2) is 49.3 Å². The monoisotopic (exact) mass is 424 g/mol. The van der Waals surface area contributed by atoms with Gasteiger partial charge >= 0.3 is 0 Å². The number of halogens is 1. The van der Waals surface area contributed by atoms with Crippen molar-refractivity contribution >= 4 is 47.3 Å². The van der Waals surface area contributed by atoms with Gasteiger partial charge in [-0.2, -0.15) is 0 Å². The van der Waals surface area contributed by atoms with E-state index in [0.717, 1.165) is 20.7 Å². The van der Waals surface area contributed by atoms with Crippen molar-refractivity contribution in [2.24, 2.45) is 5.14 Å². The van der Waals surface area contributed by atoms with Crippen LogP contribution in [0.25, 0.3) is 0 Å². The summed E-state index contributed by atoms with van der Waals surface area (Å²) in [7, 11) is -7.23. The molecule has 0 spiro atoms. The van der Waals surface area contributed by atoms with Gasteiger partial charge in [0.05, 0.1) is 8.68 Å². The summed E-state index contributed by atoms with van der Waals surface area (Å²) >= 11 is 4.35. The van der Waals surface area contributed by atoms with Gasteiger partial charge in [0.1, 0.15) is 4.21 Å². The van der Waals surface area contributed by atoms with E-state index in [-0.39, 0.29) is 15.6 Å². The fourth-order valence-corrected chi connectivity index (χ4v) is 5.29. The minimum atomic E-state index is -3.71. The van der Waals surface area contributed by atoms with E-state index in [0.29, 0.717) is 6.42 Å².